The fourth-order valence-corrected chi connectivity index (χ4v) is 2.36. The lowest BCUT2D eigenvalue weighted by atomic mass is 10.1. The van der Waals surface area contributed by atoms with Crippen LogP contribution in [0.15, 0.2) is 0 Å². The fourth-order valence-electron chi connectivity index (χ4n) is 2.36. The van der Waals surface area contributed by atoms with Gasteiger partial charge in [0.2, 0.25) is 0 Å². The molecule has 2 rings (SSSR count). The van der Waals surface area contributed by atoms with Crippen LogP contribution in [-0.2, 0) is 0 Å². The molecule has 2 heterocycles. The molecule has 0 radical (unpaired) electrons. The topological polar surface area (TPSA) is 27.3 Å². The molecule has 2 aliphatic heterocycles. The van der Waals surface area contributed by atoms with Gasteiger partial charge >= 0.3 is 0 Å². The van der Waals surface area contributed by atoms with Crippen LogP contribution in [0.4, 0.5) is 0 Å². The van der Waals surface area contributed by atoms with Crippen LogP contribution in [0.2, 0.25) is 0 Å². The molecule has 84 valence electrons. The van der Waals surface area contributed by atoms with Gasteiger partial charge in [-0.1, -0.05) is 0 Å². The zero-order chi connectivity index (χ0) is 9.10. The molecular formula is C10H22ClN3. The van der Waals surface area contributed by atoms with Gasteiger partial charge in [-0.25, -0.2) is 0 Å². The number of hydrogen-bond acceptors (Lipinski definition) is 3. The maximum Gasteiger partial charge on any atom is 0.0193 e. The predicted molar refractivity (Wildman–Crippen MR) is 62.1 cm³/mol. The van der Waals surface area contributed by atoms with Crippen LogP contribution in [0.3, 0.4) is 0 Å². The van der Waals surface area contributed by atoms with E-state index in [0.717, 1.165) is 12.0 Å². The van der Waals surface area contributed by atoms with Crippen LogP contribution in [0.1, 0.15) is 13.3 Å². The highest BCUT2D eigenvalue weighted by atomic mass is 35.5. The standard InChI is InChI=1S/C10H21N3.ClH/c1-9-6-12-4-5-13(9)8-10-2-3-11-7-10;/h9-12H,2-8H2,1H3;1H/t9-,10?;/m0./s1. The minimum atomic E-state index is 0. The first-order valence-corrected chi connectivity index (χ1v) is 5.52. The predicted octanol–water partition coefficient (Wildman–Crippen LogP) is 0.311. The summed E-state index contributed by atoms with van der Waals surface area (Å²) in [6.07, 6.45) is 1.37. The summed E-state index contributed by atoms with van der Waals surface area (Å²) in [7, 11) is 0. The summed E-state index contributed by atoms with van der Waals surface area (Å²) in [5, 5.41) is 6.87. The summed E-state index contributed by atoms with van der Waals surface area (Å²) in [6.45, 7) is 9.66. The Bertz CT molecular complexity index is 159. The van der Waals surface area contributed by atoms with Gasteiger partial charge in [-0.3, -0.25) is 4.90 Å². The Morgan fingerprint density at radius 2 is 2.00 bits per heavy atom. The molecule has 0 aromatic rings. The molecule has 2 fully saturated rings. The van der Waals surface area contributed by atoms with E-state index in [1.54, 1.807) is 0 Å². The highest BCUT2D eigenvalue weighted by Crippen LogP contribution is 2.12. The number of halogens is 1. The molecule has 0 aliphatic carbocycles. The van der Waals surface area contributed by atoms with E-state index in [-0.39, 0.29) is 12.4 Å². The molecule has 0 aromatic heterocycles. The Kier molecular flexibility index (Phi) is 5.17. The van der Waals surface area contributed by atoms with Crippen molar-refractivity contribution in [1.82, 2.24) is 15.5 Å². The van der Waals surface area contributed by atoms with E-state index in [9.17, 15) is 0 Å². The van der Waals surface area contributed by atoms with Crippen molar-refractivity contribution in [2.75, 3.05) is 39.3 Å². The van der Waals surface area contributed by atoms with E-state index in [1.807, 2.05) is 0 Å². The summed E-state index contributed by atoms with van der Waals surface area (Å²) >= 11 is 0. The van der Waals surface area contributed by atoms with Crippen molar-refractivity contribution in [2.45, 2.75) is 19.4 Å². The van der Waals surface area contributed by atoms with Crippen LogP contribution < -0.4 is 10.6 Å². The first-order valence-electron chi connectivity index (χ1n) is 5.52. The summed E-state index contributed by atoms with van der Waals surface area (Å²) in [6, 6.07) is 0.731. The first-order chi connectivity index (χ1) is 6.36. The molecule has 1 unspecified atom stereocenters. The van der Waals surface area contributed by atoms with Gasteiger partial charge in [0.25, 0.3) is 0 Å². The number of nitrogens with zero attached hydrogens (tertiary/aromatic N) is 1. The van der Waals surface area contributed by atoms with Gasteiger partial charge < -0.3 is 10.6 Å². The van der Waals surface area contributed by atoms with E-state index in [2.05, 4.69) is 22.5 Å². The molecular weight excluding hydrogens is 198 g/mol. The molecule has 0 bridgehead atoms. The second kappa shape index (κ2) is 5.91. The van der Waals surface area contributed by atoms with Crippen LogP contribution in [0.25, 0.3) is 0 Å². The molecule has 2 N–H and O–H groups in total. The monoisotopic (exact) mass is 219 g/mol. The van der Waals surface area contributed by atoms with Gasteiger partial charge in [0.15, 0.2) is 0 Å². The van der Waals surface area contributed by atoms with Gasteiger partial charge in [-0.2, -0.15) is 0 Å². The Hall–Kier alpha value is 0.170. The third-order valence-corrected chi connectivity index (χ3v) is 3.29. The van der Waals surface area contributed by atoms with Crippen LogP contribution in [0, 0.1) is 5.92 Å². The second-order valence-corrected chi connectivity index (χ2v) is 4.41. The van der Waals surface area contributed by atoms with Crippen molar-refractivity contribution >= 4 is 12.4 Å². The highest BCUT2D eigenvalue weighted by molar-refractivity contribution is 5.85. The SMILES string of the molecule is C[C@H]1CNCCN1CC1CCNC1.Cl. The Morgan fingerprint density at radius 3 is 2.64 bits per heavy atom. The van der Waals surface area contributed by atoms with Crippen LogP contribution in [-0.4, -0.2) is 50.2 Å². The number of piperazine rings is 1. The molecule has 0 amide bonds. The summed E-state index contributed by atoms with van der Waals surface area (Å²) in [5.41, 5.74) is 0. The lowest BCUT2D eigenvalue weighted by Crippen LogP contribution is -2.51. The van der Waals surface area contributed by atoms with Gasteiger partial charge in [0.05, 0.1) is 0 Å². The third kappa shape index (κ3) is 3.09. The molecule has 2 aliphatic rings. The summed E-state index contributed by atoms with van der Waals surface area (Å²) in [4.78, 5) is 2.63. The normalized spacial score (nSPS) is 34.1. The Morgan fingerprint density at radius 1 is 1.21 bits per heavy atom. The fraction of sp³-hybridized carbons (Fsp3) is 1.00. The van der Waals surface area contributed by atoms with Crippen molar-refractivity contribution in [3.63, 3.8) is 0 Å². The molecule has 0 spiro atoms. The third-order valence-electron chi connectivity index (χ3n) is 3.29. The summed E-state index contributed by atoms with van der Waals surface area (Å²) in [5.74, 6) is 0.903. The number of rotatable bonds is 2. The van der Waals surface area contributed by atoms with Crippen molar-refractivity contribution in [1.29, 1.82) is 0 Å². The number of hydrogen-bond donors (Lipinski definition) is 2. The Balaban J connectivity index is 0.000000980. The minimum Gasteiger partial charge on any atom is -0.316 e. The Labute approximate surface area is 93.0 Å². The van der Waals surface area contributed by atoms with Crippen molar-refractivity contribution in [3.8, 4) is 0 Å². The van der Waals surface area contributed by atoms with E-state index in [0.29, 0.717) is 0 Å². The van der Waals surface area contributed by atoms with E-state index >= 15 is 0 Å². The average molecular weight is 220 g/mol. The first kappa shape index (κ1) is 12.2. The zero-order valence-corrected chi connectivity index (χ0v) is 9.78. The molecule has 3 nitrogen and oxygen atoms in total. The van der Waals surface area contributed by atoms with Gasteiger partial charge in [-0.15, -0.1) is 12.4 Å². The van der Waals surface area contributed by atoms with Crippen molar-refractivity contribution in [2.24, 2.45) is 5.92 Å². The smallest absolute Gasteiger partial charge is 0.0193 e. The molecule has 2 atom stereocenters. The molecule has 4 heteroatoms. The molecule has 14 heavy (non-hydrogen) atoms. The largest absolute Gasteiger partial charge is 0.316 e. The molecule has 2 saturated heterocycles. The average Bonchev–Trinajstić information content (AvgIpc) is 2.61. The number of nitrogens with one attached hydrogen (secondary N) is 2. The van der Waals surface area contributed by atoms with Gasteiger partial charge in [0, 0.05) is 32.2 Å². The van der Waals surface area contributed by atoms with E-state index in [1.165, 1.54) is 45.7 Å². The van der Waals surface area contributed by atoms with Crippen molar-refractivity contribution < 1.29 is 0 Å². The summed E-state index contributed by atoms with van der Waals surface area (Å²) < 4.78 is 0. The second-order valence-electron chi connectivity index (χ2n) is 4.41. The maximum atomic E-state index is 3.43. The zero-order valence-electron chi connectivity index (χ0n) is 8.96. The van der Waals surface area contributed by atoms with Crippen LogP contribution in [0.5, 0.6) is 0 Å². The van der Waals surface area contributed by atoms with Gasteiger partial charge in [-0.05, 0) is 32.4 Å². The lowest BCUT2D eigenvalue weighted by Gasteiger charge is -2.35. The quantitative estimate of drug-likeness (QED) is 0.700. The minimum absolute atomic E-state index is 0. The molecule has 0 aromatic carbocycles. The molecule has 0 saturated carbocycles. The van der Waals surface area contributed by atoms with Crippen molar-refractivity contribution in [3.05, 3.63) is 0 Å². The van der Waals surface area contributed by atoms with Crippen LogP contribution >= 0.6 is 12.4 Å². The van der Waals surface area contributed by atoms with E-state index in [4.69, 9.17) is 0 Å². The highest BCUT2D eigenvalue weighted by Gasteiger charge is 2.23. The lowest BCUT2D eigenvalue weighted by molar-refractivity contribution is 0.152. The van der Waals surface area contributed by atoms with E-state index < -0.39 is 0 Å². The van der Waals surface area contributed by atoms with Gasteiger partial charge in [0.1, 0.15) is 0 Å². The maximum absolute atomic E-state index is 3.43.